The topological polar surface area (TPSA) is 67.6 Å². The molecule has 1 aliphatic heterocycles. The maximum atomic E-state index is 11.5. The summed E-state index contributed by atoms with van der Waals surface area (Å²) in [6, 6.07) is 0. The Bertz CT molecular complexity index is 211. The van der Waals surface area contributed by atoms with E-state index in [1.165, 1.54) is 0 Å². The van der Waals surface area contributed by atoms with Crippen molar-refractivity contribution in [2.45, 2.75) is 20.3 Å². The number of carbonyl (C=O) groups is 1. The fraction of sp³-hybridized carbons (Fsp3) is 0.900. The van der Waals surface area contributed by atoms with Crippen molar-refractivity contribution < 1.29 is 9.53 Å². The van der Waals surface area contributed by atoms with Crippen LogP contribution in [0.5, 0.6) is 0 Å². The maximum absolute atomic E-state index is 11.5. The molecule has 1 amide bonds. The molecule has 1 rings (SSSR count). The van der Waals surface area contributed by atoms with Gasteiger partial charge in [0.05, 0.1) is 12.0 Å². The Morgan fingerprint density at radius 3 is 2.87 bits per heavy atom. The molecule has 5 heteroatoms. The second-order valence-corrected chi connectivity index (χ2v) is 4.60. The van der Waals surface area contributed by atoms with Gasteiger partial charge in [-0.05, 0) is 20.3 Å². The number of nitrogens with zero attached hydrogens (tertiary/aromatic N) is 1. The Kier molecular flexibility index (Phi) is 4.50. The Balaban J connectivity index is 2.47. The minimum atomic E-state index is -0.445. The number of nitrogens with two attached hydrogens (primary N) is 1. The zero-order valence-electron chi connectivity index (χ0n) is 9.58. The predicted molar refractivity (Wildman–Crippen MR) is 58.0 cm³/mol. The van der Waals surface area contributed by atoms with Crippen molar-refractivity contribution in [3.63, 3.8) is 0 Å². The molecule has 0 saturated carbocycles. The SMILES string of the molecule is CC(C)(CN1CCCOCC1)C(=O)NN. The molecule has 0 spiro atoms. The molecule has 0 unspecified atom stereocenters. The summed E-state index contributed by atoms with van der Waals surface area (Å²) in [5.41, 5.74) is 1.77. The van der Waals surface area contributed by atoms with Crippen molar-refractivity contribution >= 4 is 5.91 Å². The van der Waals surface area contributed by atoms with Crippen LogP contribution in [0.25, 0.3) is 0 Å². The first-order valence-electron chi connectivity index (χ1n) is 5.37. The second kappa shape index (κ2) is 5.44. The van der Waals surface area contributed by atoms with Gasteiger partial charge in [0.2, 0.25) is 5.91 Å². The van der Waals surface area contributed by atoms with Crippen LogP contribution in [-0.4, -0.2) is 43.7 Å². The van der Waals surface area contributed by atoms with Crippen molar-refractivity contribution in [1.29, 1.82) is 0 Å². The van der Waals surface area contributed by atoms with Crippen LogP contribution >= 0.6 is 0 Å². The van der Waals surface area contributed by atoms with E-state index in [9.17, 15) is 4.79 Å². The zero-order chi connectivity index (χ0) is 11.3. The van der Waals surface area contributed by atoms with Crippen LogP contribution in [0.2, 0.25) is 0 Å². The number of carbonyl (C=O) groups excluding carboxylic acids is 1. The first-order valence-corrected chi connectivity index (χ1v) is 5.37. The summed E-state index contributed by atoms with van der Waals surface area (Å²) < 4.78 is 5.36. The smallest absolute Gasteiger partial charge is 0.240 e. The highest BCUT2D eigenvalue weighted by molar-refractivity contribution is 5.81. The molecule has 0 bridgehead atoms. The molecule has 1 fully saturated rings. The van der Waals surface area contributed by atoms with E-state index in [0.717, 1.165) is 39.3 Å². The summed E-state index contributed by atoms with van der Waals surface area (Å²) in [5, 5.41) is 0. The number of nitrogens with one attached hydrogen (secondary N) is 1. The van der Waals surface area contributed by atoms with E-state index in [-0.39, 0.29) is 5.91 Å². The molecule has 5 nitrogen and oxygen atoms in total. The minimum absolute atomic E-state index is 0.118. The quantitative estimate of drug-likeness (QED) is 0.386. The molecule has 0 aromatic heterocycles. The average molecular weight is 215 g/mol. The highest BCUT2D eigenvalue weighted by atomic mass is 16.5. The fourth-order valence-corrected chi connectivity index (χ4v) is 1.78. The van der Waals surface area contributed by atoms with Crippen molar-refractivity contribution in [1.82, 2.24) is 10.3 Å². The number of ether oxygens (including phenoxy) is 1. The van der Waals surface area contributed by atoms with Gasteiger partial charge in [-0.2, -0.15) is 0 Å². The van der Waals surface area contributed by atoms with Gasteiger partial charge in [0.25, 0.3) is 0 Å². The molecule has 88 valence electrons. The summed E-state index contributed by atoms with van der Waals surface area (Å²) in [6.45, 7) is 7.98. The van der Waals surface area contributed by atoms with Crippen LogP contribution in [0, 0.1) is 5.41 Å². The molecule has 1 saturated heterocycles. The Morgan fingerprint density at radius 2 is 2.20 bits per heavy atom. The fourth-order valence-electron chi connectivity index (χ4n) is 1.78. The third kappa shape index (κ3) is 3.77. The Morgan fingerprint density at radius 1 is 1.47 bits per heavy atom. The molecule has 3 N–H and O–H groups in total. The Hall–Kier alpha value is -0.650. The van der Waals surface area contributed by atoms with Crippen molar-refractivity contribution in [3.8, 4) is 0 Å². The lowest BCUT2D eigenvalue weighted by atomic mass is 9.91. The lowest BCUT2D eigenvalue weighted by molar-refractivity contribution is -0.130. The third-order valence-electron chi connectivity index (χ3n) is 2.68. The summed E-state index contributed by atoms with van der Waals surface area (Å²) in [7, 11) is 0. The molecular formula is C10H21N3O2. The van der Waals surface area contributed by atoms with Crippen molar-refractivity contribution in [3.05, 3.63) is 0 Å². The number of amides is 1. The second-order valence-electron chi connectivity index (χ2n) is 4.60. The largest absolute Gasteiger partial charge is 0.380 e. The highest BCUT2D eigenvalue weighted by Crippen LogP contribution is 2.17. The number of hydrogen-bond donors (Lipinski definition) is 2. The first kappa shape index (κ1) is 12.4. The van der Waals surface area contributed by atoms with E-state index < -0.39 is 5.41 Å². The zero-order valence-corrected chi connectivity index (χ0v) is 9.58. The molecule has 1 heterocycles. The predicted octanol–water partition coefficient (Wildman–Crippen LogP) is -0.275. The van der Waals surface area contributed by atoms with Gasteiger partial charge in [-0.25, -0.2) is 5.84 Å². The van der Waals surface area contributed by atoms with Crippen LogP contribution in [0.15, 0.2) is 0 Å². The summed E-state index contributed by atoms with van der Waals surface area (Å²) in [5.74, 6) is 5.03. The van der Waals surface area contributed by atoms with E-state index in [2.05, 4.69) is 10.3 Å². The van der Waals surface area contributed by atoms with Crippen LogP contribution in [-0.2, 0) is 9.53 Å². The summed E-state index contributed by atoms with van der Waals surface area (Å²) in [4.78, 5) is 13.8. The summed E-state index contributed by atoms with van der Waals surface area (Å²) in [6.07, 6.45) is 1.03. The average Bonchev–Trinajstić information content (AvgIpc) is 2.44. The van der Waals surface area contributed by atoms with Gasteiger partial charge in [-0.15, -0.1) is 0 Å². The number of hydrazine groups is 1. The van der Waals surface area contributed by atoms with Crippen LogP contribution < -0.4 is 11.3 Å². The molecule has 1 aliphatic rings. The Labute approximate surface area is 90.9 Å². The first-order chi connectivity index (χ1) is 7.06. The maximum Gasteiger partial charge on any atom is 0.240 e. The molecule has 0 aromatic carbocycles. The lowest BCUT2D eigenvalue weighted by Crippen LogP contribution is -2.47. The van der Waals surface area contributed by atoms with E-state index in [1.807, 2.05) is 13.8 Å². The van der Waals surface area contributed by atoms with Gasteiger partial charge in [-0.3, -0.25) is 15.1 Å². The van der Waals surface area contributed by atoms with Crippen LogP contribution in [0.4, 0.5) is 0 Å². The van der Waals surface area contributed by atoms with Gasteiger partial charge < -0.3 is 4.74 Å². The van der Waals surface area contributed by atoms with Gasteiger partial charge in [0, 0.05) is 26.2 Å². The highest BCUT2D eigenvalue weighted by Gasteiger charge is 2.29. The number of rotatable bonds is 3. The molecule has 0 atom stereocenters. The van der Waals surface area contributed by atoms with E-state index in [0.29, 0.717) is 0 Å². The lowest BCUT2D eigenvalue weighted by Gasteiger charge is -2.29. The monoisotopic (exact) mass is 215 g/mol. The molecule has 0 radical (unpaired) electrons. The van der Waals surface area contributed by atoms with Gasteiger partial charge in [0.1, 0.15) is 0 Å². The van der Waals surface area contributed by atoms with Crippen molar-refractivity contribution in [2.24, 2.45) is 11.3 Å². The van der Waals surface area contributed by atoms with Gasteiger partial charge in [0.15, 0.2) is 0 Å². The standard InChI is InChI=1S/C10H21N3O2/c1-10(2,9(14)12-11)8-13-4-3-6-15-7-5-13/h3-8,11H2,1-2H3,(H,12,14). The molecule has 0 aromatic rings. The minimum Gasteiger partial charge on any atom is -0.380 e. The third-order valence-corrected chi connectivity index (χ3v) is 2.68. The molecule has 15 heavy (non-hydrogen) atoms. The normalized spacial score (nSPS) is 19.7. The van der Waals surface area contributed by atoms with Crippen molar-refractivity contribution in [2.75, 3.05) is 32.8 Å². The van der Waals surface area contributed by atoms with Gasteiger partial charge >= 0.3 is 0 Å². The van der Waals surface area contributed by atoms with E-state index in [1.54, 1.807) is 0 Å². The van der Waals surface area contributed by atoms with E-state index in [4.69, 9.17) is 10.6 Å². The number of hydrogen-bond acceptors (Lipinski definition) is 4. The van der Waals surface area contributed by atoms with Crippen LogP contribution in [0.3, 0.4) is 0 Å². The van der Waals surface area contributed by atoms with Gasteiger partial charge in [-0.1, -0.05) is 0 Å². The molecular weight excluding hydrogens is 194 g/mol. The van der Waals surface area contributed by atoms with Crippen LogP contribution in [0.1, 0.15) is 20.3 Å². The summed E-state index contributed by atoms with van der Waals surface area (Å²) >= 11 is 0. The molecule has 0 aliphatic carbocycles. The van der Waals surface area contributed by atoms with E-state index >= 15 is 0 Å².